The van der Waals surface area contributed by atoms with E-state index in [1.54, 1.807) is 30.2 Å². The van der Waals surface area contributed by atoms with Crippen LogP contribution in [0.2, 0.25) is 0 Å². The molecule has 0 saturated carbocycles. The summed E-state index contributed by atoms with van der Waals surface area (Å²) in [6, 6.07) is 11.3. The molecule has 0 radical (unpaired) electrons. The monoisotopic (exact) mass is 272 g/mol. The van der Waals surface area contributed by atoms with Crippen molar-refractivity contribution < 1.29 is 4.79 Å². The zero-order chi connectivity index (χ0) is 13.5. The second-order valence-electron chi connectivity index (χ2n) is 4.04. The number of rotatable bonds is 5. The fourth-order valence-corrected chi connectivity index (χ4v) is 2.54. The molecule has 2 rings (SSSR count). The van der Waals surface area contributed by atoms with Crippen LogP contribution in [-0.2, 0) is 0 Å². The first-order chi connectivity index (χ1) is 9.31. The summed E-state index contributed by atoms with van der Waals surface area (Å²) in [6.45, 7) is 2.13. The van der Waals surface area contributed by atoms with Gasteiger partial charge in [-0.3, -0.25) is 9.78 Å². The molecular formula is C15H16N2OS. The SMILES string of the molecule is CCCSc1ccccc1C(=O)Nc1cccnc1. The van der Waals surface area contributed by atoms with Gasteiger partial charge in [0.15, 0.2) is 0 Å². The molecule has 2 aromatic rings. The zero-order valence-corrected chi connectivity index (χ0v) is 11.6. The number of nitrogens with zero attached hydrogens (tertiary/aromatic N) is 1. The lowest BCUT2D eigenvalue weighted by atomic mass is 10.2. The van der Waals surface area contributed by atoms with Gasteiger partial charge in [-0.1, -0.05) is 19.1 Å². The third kappa shape index (κ3) is 3.83. The second kappa shape index (κ2) is 6.95. The number of nitrogens with one attached hydrogen (secondary N) is 1. The number of benzene rings is 1. The van der Waals surface area contributed by atoms with E-state index in [9.17, 15) is 4.79 Å². The van der Waals surface area contributed by atoms with Crippen molar-refractivity contribution in [3.63, 3.8) is 0 Å². The van der Waals surface area contributed by atoms with Gasteiger partial charge >= 0.3 is 0 Å². The number of hydrogen-bond acceptors (Lipinski definition) is 3. The quantitative estimate of drug-likeness (QED) is 0.841. The Bertz CT molecular complexity index is 543. The summed E-state index contributed by atoms with van der Waals surface area (Å²) in [7, 11) is 0. The minimum absolute atomic E-state index is 0.0906. The fraction of sp³-hybridized carbons (Fsp3) is 0.200. The molecule has 0 aliphatic carbocycles. The van der Waals surface area contributed by atoms with Gasteiger partial charge in [0.05, 0.1) is 17.4 Å². The maximum absolute atomic E-state index is 12.2. The van der Waals surface area contributed by atoms with E-state index in [4.69, 9.17) is 0 Å². The Hall–Kier alpha value is -1.81. The Morgan fingerprint density at radius 2 is 2.11 bits per heavy atom. The van der Waals surface area contributed by atoms with E-state index < -0.39 is 0 Å². The van der Waals surface area contributed by atoms with E-state index in [0.717, 1.165) is 17.1 Å². The molecule has 4 heteroatoms. The molecule has 0 atom stereocenters. The first kappa shape index (κ1) is 13.6. The molecule has 98 valence electrons. The van der Waals surface area contributed by atoms with Crippen LogP contribution in [0, 0.1) is 0 Å². The molecule has 0 saturated heterocycles. The van der Waals surface area contributed by atoms with Crippen LogP contribution in [0.15, 0.2) is 53.7 Å². The predicted octanol–water partition coefficient (Wildman–Crippen LogP) is 3.84. The molecule has 3 nitrogen and oxygen atoms in total. The first-order valence-electron chi connectivity index (χ1n) is 6.24. The number of aromatic nitrogens is 1. The van der Waals surface area contributed by atoms with Crippen LogP contribution in [0.1, 0.15) is 23.7 Å². The van der Waals surface area contributed by atoms with Crippen LogP contribution in [0.25, 0.3) is 0 Å². The number of carbonyl (C=O) groups is 1. The van der Waals surface area contributed by atoms with Gasteiger partial charge in [-0.25, -0.2) is 0 Å². The maximum atomic E-state index is 12.2. The molecule has 0 spiro atoms. The highest BCUT2D eigenvalue weighted by Crippen LogP contribution is 2.24. The molecule has 0 aliphatic heterocycles. The molecule has 1 aromatic heterocycles. The minimum Gasteiger partial charge on any atom is -0.321 e. The van der Waals surface area contributed by atoms with E-state index in [1.165, 1.54) is 0 Å². The Morgan fingerprint density at radius 3 is 2.84 bits per heavy atom. The molecule has 1 heterocycles. The summed E-state index contributed by atoms with van der Waals surface area (Å²) in [5, 5.41) is 2.86. The van der Waals surface area contributed by atoms with Crippen LogP contribution < -0.4 is 5.32 Å². The molecular weight excluding hydrogens is 256 g/mol. The largest absolute Gasteiger partial charge is 0.321 e. The van der Waals surface area contributed by atoms with Gasteiger partial charge in [0.1, 0.15) is 0 Å². The summed E-state index contributed by atoms with van der Waals surface area (Å²) in [6.07, 6.45) is 4.41. The van der Waals surface area contributed by atoms with Gasteiger partial charge < -0.3 is 5.32 Å². The van der Waals surface area contributed by atoms with Crippen molar-refractivity contribution >= 4 is 23.4 Å². The Balaban J connectivity index is 2.14. The van der Waals surface area contributed by atoms with Crippen molar-refractivity contribution in [1.82, 2.24) is 4.98 Å². The maximum Gasteiger partial charge on any atom is 0.256 e. The van der Waals surface area contributed by atoms with Crippen LogP contribution in [0.3, 0.4) is 0 Å². The van der Waals surface area contributed by atoms with Gasteiger partial charge in [-0.05, 0) is 36.4 Å². The van der Waals surface area contributed by atoms with E-state index in [2.05, 4.69) is 17.2 Å². The summed E-state index contributed by atoms with van der Waals surface area (Å²) in [5.74, 6) is 0.921. The van der Waals surface area contributed by atoms with Crippen molar-refractivity contribution in [3.05, 3.63) is 54.4 Å². The lowest BCUT2D eigenvalue weighted by Gasteiger charge is -2.09. The van der Waals surface area contributed by atoms with Crippen molar-refractivity contribution in [3.8, 4) is 0 Å². The van der Waals surface area contributed by atoms with Gasteiger partial charge in [-0.2, -0.15) is 0 Å². The average molecular weight is 272 g/mol. The van der Waals surface area contributed by atoms with Crippen LogP contribution in [0.4, 0.5) is 5.69 Å². The van der Waals surface area contributed by atoms with Crippen LogP contribution in [0.5, 0.6) is 0 Å². The zero-order valence-electron chi connectivity index (χ0n) is 10.8. The topological polar surface area (TPSA) is 42.0 Å². The van der Waals surface area contributed by atoms with Gasteiger partial charge in [0, 0.05) is 11.1 Å². The first-order valence-corrected chi connectivity index (χ1v) is 7.23. The van der Waals surface area contributed by atoms with E-state index in [-0.39, 0.29) is 5.91 Å². The van der Waals surface area contributed by atoms with Crippen molar-refractivity contribution in [2.75, 3.05) is 11.1 Å². The molecule has 1 aromatic carbocycles. The molecule has 1 N–H and O–H groups in total. The lowest BCUT2D eigenvalue weighted by molar-refractivity contribution is 0.102. The van der Waals surface area contributed by atoms with Crippen LogP contribution in [-0.4, -0.2) is 16.6 Å². The van der Waals surface area contributed by atoms with Crippen molar-refractivity contribution in [2.45, 2.75) is 18.2 Å². The third-order valence-corrected chi connectivity index (χ3v) is 3.79. The van der Waals surface area contributed by atoms with Crippen LogP contribution >= 0.6 is 11.8 Å². The van der Waals surface area contributed by atoms with E-state index >= 15 is 0 Å². The smallest absolute Gasteiger partial charge is 0.256 e. The highest BCUT2D eigenvalue weighted by atomic mass is 32.2. The van der Waals surface area contributed by atoms with Crippen molar-refractivity contribution in [2.24, 2.45) is 0 Å². The standard InChI is InChI=1S/C15H16N2OS/c1-2-10-19-14-8-4-3-7-13(14)15(18)17-12-6-5-9-16-11-12/h3-9,11H,2,10H2,1H3,(H,17,18). The van der Waals surface area contributed by atoms with Crippen molar-refractivity contribution in [1.29, 1.82) is 0 Å². The molecule has 0 fully saturated rings. The predicted molar refractivity (Wildman–Crippen MR) is 79.6 cm³/mol. The fourth-order valence-electron chi connectivity index (χ4n) is 1.63. The Kier molecular flexibility index (Phi) is 4.98. The van der Waals surface area contributed by atoms with E-state index in [0.29, 0.717) is 11.3 Å². The summed E-state index contributed by atoms with van der Waals surface area (Å²) >= 11 is 1.71. The Labute approximate surface area is 117 Å². The number of hydrogen-bond donors (Lipinski definition) is 1. The number of pyridine rings is 1. The van der Waals surface area contributed by atoms with Gasteiger partial charge in [0.2, 0.25) is 0 Å². The van der Waals surface area contributed by atoms with Gasteiger partial charge in [0.25, 0.3) is 5.91 Å². The molecule has 0 bridgehead atoms. The molecule has 1 amide bonds. The normalized spacial score (nSPS) is 10.2. The summed E-state index contributed by atoms with van der Waals surface area (Å²) in [5.41, 5.74) is 1.42. The number of carbonyl (C=O) groups excluding carboxylic acids is 1. The highest BCUT2D eigenvalue weighted by molar-refractivity contribution is 7.99. The minimum atomic E-state index is -0.0906. The Morgan fingerprint density at radius 1 is 1.26 bits per heavy atom. The number of amides is 1. The lowest BCUT2D eigenvalue weighted by Crippen LogP contribution is -2.13. The number of anilines is 1. The number of thioether (sulfide) groups is 1. The molecule has 0 aliphatic rings. The second-order valence-corrected chi connectivity index (χ2v) is 5.18. The van der Waals surface area contributed by atoms with E-state index in [1.807, 2.05) is 30.3 Å². The molecule has 19 heavy (non-hydrogen) atoms. The summed E-state index contributed by atoms with van der Waals surface area (Å²) < 4.78 is 0. The third-order valence-electron chi connectivity index (χ3n) is 2.51. The average Bonchev–Trinajstić information content (AvgIpc) is 2.46. The molecule has 0 unspecified atom stereocenters. The summed E-state index contributed by atoms with van der Waals surface area (Å²) in [4.78, 5) is 17.2. The highest BCUT2D eigenvalue weighted by Gasteiger charge is 2.11. The van der Waals surface area contributed by atoms with Gasteiger partial charge in [-0.15, -0.1) is 11.8 Å².